The van der Waals surface area contributed by atoms with Gasteiger partial charge in [0.25, 0.3) is 0 Å². The van der Waals surface area contributed by atoms with E-state index >= 15 is 0 Å². The molecule has 4 heteroatoms. The largest absolute Gasteiger partial charge is 0.315 e. The highest BCUT2D eigenvalue weighted by Crippen LogP contribution is 2.11. The van der Waals surface area contributed by atoms with Crippen LogP contribution in [-0.2, 0) is 9.59 Å². The molecule has 1 aliphatic heterocycles. The lowest BCUT2D eigenvalue weighted by atomic mass is 10.3. The van der Waals surface area contributed by atoms with E-state index in [1.54, 1.807) is 0 Å². The molecule has 1 heterocycles. The van der Waals surface area contributed by atoms with Crippen LogP contribution in [0.2, 0.25) is 0 Å². The van der Waals surface area contributed by atoms with Crippen molar-refractivity contribution in [2.45, 2.75) is 25.8 Å². The quantitative estimate of drug-likeness (QED) is 0.594. The molecule has 68 valence electrons. The summed E-state index contributed by atoms with van der Waals surface area (Å²) in [6.07, 6.45) is 0.768. The van der Waals surface area contributed by atoms with Gasteiger partial charge in [0.15, 0.2) is 0 Å². The van der Waals surface area contributed by atoms with Crippen molar-refractivity contribution in [2.75, 3.05) is 13.6 Å². The lowest BCUT2D eigenvalue weighted by Gasteiger charge is -2.18. The summed E-state index contributed by atoms with van der Waals surface area (Å²) in [6.45, 7) is 2.44. The van der Waals surface area contributed by atoms with E-state index in [9.17, 15) is 9.59 Å². The molecule has 1 atom stereocenters. The van der Waals surface area contributed by atoms with E-state index < -0.39 is 0 Å². The molecule has 0 aromatic heterocycles. The van der Waals surface area contributed by atoms with E-state index in [0.29, 0.717) is 19.4 Å². The maximum Gasteiger partial charge on any atom is 0.229 e. The van der Waals surface area contributed by atoms with E-state index in [1.165, 1.54) is 4.90 Å². The lowest BCUT2D eigenvalue weighted by molar-refractivity contribution is -0.138. The molecular weight excluding hydrogens is 156 g/mol. The molecule has 2 amide bonds. The molecule has 1 rings (SSSR count). The molecule has 0 aromatic rings. The van der Waals surface area contributed by atoms with E-state index in [1.807, 2.05) is 14.0 Å². The molecular formula is C8H14N2O2. The third kappa shape index (κ3) is 1.82. The molecule has 0 aliphatic carbocycles. The van der Waals surface area contributed by atoms with Gasteiger partial charge in [-0.25, -0.2) is 0 Å². The van der Waals surface area contributed by atoms with Crippen LogP contribution < -0.4 is 5.32 Å². The second-order valence-electron chi connectivity index (χ2n) is 3.09. The predicted octanol–water partition coefficient (Wildman–Crippen LogP) is -0.257. The number of amides is 2. The van der Waals surface area contributed by atoms with Gasteiger partial charge in [0, 0.05) is 25.4 Å². The van der Waals surface area contributed by atoms with E-state index in [2.05, 4.69) is 5.32 Å². The molecule has 0 bridgehead atoms. The van der Waals surface area contributed by atoms with Crippen molar-refractivity contribution in [1.82, 2.24) is 10.2 Å². The van der Waals surface area contributed by atoms with Crippen LogP contribution in [0.25, 0.3) is 0 Å². The maximum atomic E-state index is 11.1. The third-order valence-electron chi connectivity index (χ3n) is 2.10. The molecule has 0 saturated carbocycles. The molecule has 1 N–H and O–H groups in total. The van der Waals surface area contributed by atoms with Crippen molar-refractivity contribution < 1.29 is 9.59 Å². The van der Waals surface area contributed by atoms with E-state index in [0.717, 1.165) is 0 Å². The summed E-state index contributed by atoms with van der Waals surface area (Å²) in [4.78, 5) is 23.6. The Morgan fingerprint density at radius 3 is 2.33 bits per heavy atom. The standard InChI is InChI=1S/C8H14N2O2/c1-6(9-2)5-10-7(11)3-4-8(10)12/h6,9H,3-5H2,1-2H3. The van der Waals surface area contributed by atoms with Gasteiger partial charge < -0.3 is 5.32 Å². The molecule has 1 aliphatic rings. The highest BCUT2D eigenvalue weighted by atomic mass is 16.2. The van der Waals surface area contributed by atoms with Gasteiger partial charge in [0.05, 0.1) is 0 Å². The number of carbonyl (C=O) groups is 2. The molecule has 1 fully saturated rings. The Kier molecular flexibility index (Phi) is 2.81. The van der Waals surface area contributed by atoms with Crippen LogP contribution in [-0.4, -0.2) is 36.3 Å². The molecule has 12 heavy (non-hydrogen) atoms. The summed E-state index contributed by atoms with van der Waals surface area (Å²) < 4.78 is 0. The zero-order valence-corrected chi connectivity index (χ0v) is 7.46. The Morgan fingerprint density at radius 1 is 1.42 bits per heavy atom. The fourth-order valence-corrected chi connectivity index (χ4v) is 1.19. The zero-order valence-electron chi connectivity index (χ0n) is 7.46. The Hall–Kier alpha value is -0.900. The Balaban J connectivity index is 2.50. The van der Waals surface area contributed by atoms with Crippen molar-refractivity contribution >= 4 is 11.8 Å². The van der Waals surface area contributed by atoms with Crippen LogP contribution in [0.5, 0.6) is 0 Å². The topological polar surface area (TPSA) is 49.4 Å². The number of likely N-dealkylation sites (N-methyl/N-ethyl adjacent to an activating group) is 1. The number of imide groups is 1. The Bertz CT molecular complexity index is 187. The van der Waals surface area contributed by atoms with Crippen LogP contribution >= 0.6 is 0 Å². The summed E-state index contributed by atoms with van der Waals surface area (Å²) in [7, 11) is 1.82. The SMILES string of the molecule is CNC(C)CN1C(=O)CCC1=O. The van der Waals surface area contributed by atoms with Crippen molar-refractivity contribution in [3.05, 3.63) is 0 Å². The van der Waals surface area contributed by atoms with Gasteiger partial charge in [0.1, 0.15) is 0 Å². The van der Waals surface area contributed by atoms with Crippen LogP contribution in [0.3, 0.4) is 0 Å². The first-order valence-electron chi connectivity index (χ1n) is 4.15. The van der Waals surface area contributed by atoms with Crippen LogP contribution in [0.1, 0.15) is 19.8 Å². The molecule has 0 radical (unpaired) electrons. The van der Waals surface area contributed by atoms with Gasteiger partial charge in [-0.3, -0.25) is 14.5 Å². The summed E-state index contributed by atoms with van der Waals surface area (Å²) in [5.41, 5.74) is 0. The minimum atomic E-state index is -0.0397. The second-order valence-corrected chi connectivity index (χ2v) is 3.09. The number of hydrogen-bond donors (Lipinski definition) is 1. The van der Waals surface area contributed by atoms with E-state index in [-0.39, 0.29) is 17.9 Å². The molecule has 0 spiro atoms. The number of likely N-dealkylation sites (tertiary alicyclic amines) is 1. The van der Waals surface area contributed by atoms with Crippen molar-refractivity contribution in [3.8, 4) is 0 Å². The highest BCUT2D eigenvalue weighted by molar-refractivity contribution is 6.01. The number of carbonyl (C=O) groups excluding carboxylic acids is 2. The highest BCUT2D eigenvalue weighted by Gasteiger charge is 2.29. The van der Waals surface area contributed by atoms with Gasteiger partial charge in [0.2, 0.25) is 11.8 Å². The minimum absolute atomic E-state index is 0.0397. The normalized spacial score (nSPS) is 20.3. The van der Waals surface area contributed by atoms with Crippen LogP contribution in [0.4, 0.5) is 0 Å². The summed E-state index contributed by atoms with van der Waals surface area (Å²) in [5, 5.41) is 2.99. The number of nitrogens with one attached hydrogen (secondary N) is 1. The average Bonchev–Trinajstić information content (AvgIpc) is 2.35. The van der Waals surface area contributed by atoms with E-state index in [4.69, 9.17) is 0 Å². The maximum absolute atomic E-state index is 11.1. The molecule has 4 nitrogen and oxygen atoms in total. The van der Waals surface area contributed by atoms with Crippen LogP contribution in [0.15, 0.2) is 0 Å². The Labute approximate surface area is 71.9 Å². The predicted molar refractivity (Wildman–Crippen MR) is 44.5 cm³/mol. The van der Waals surface area contributed by atoms with Crippen LogP contribution in [0, 0.1) is 0 Å². The zero-order chi connectivity index (χ0) is 9.14. The van der Waals surface area contributed by atoms with Gasteiger partial charge in [-0.15, -0.1) is 0 Å². The minimum Gasteiger partial charge on any atom is -0.315 e. The number of nitrogens with zero attached hydrogens (tertiary/aromatic N) is 1. The summed E-state index contributed by atoms with van der Waals surface area (Å²) in [6, 6.07) is 0.177. The fraction of sp³-hybridized carbons (Fsp3) is 0.750. The average molecular weight is 170 g/mol. The lowest BCUT2D eigenvalue weighted by Crippen LogP contribution is -2.40. The summed E-state index contributed by atoms with van der Waals surface area (Å²) >= 11 is 0. The monoisotopic (exact) mass is 170 g/mol. The van der Waals surface area contributed by atoms with Gasteiger partial charge in [-0.2, -0.15) is 0 Å². The number of rotatable bonds is 3. The number of hydrogen-bond acceptors (Lipinski definition) is 3. The van der Waals surface area contributed by atoms with Gasteiger partial charge >= 0.3 is 0 Å². The molecule has 1 unspecified atom stereocenters. The smallest absolute Gasteiger partial charge is 0.229 e. The fourth-order valence-electron chi connectivity index (χ4n) is 1.19. The first-order chi connectivity index (χ1) is 5.65. The first kappa shape index (κ1) is 9.19. The molecule has 1 saturated heterocycles. The summed E-state index contributed by atoms with van der Waals surface area (Å²) in [5.74, 6) is -0.0794. The second kappa shape index (κ2) is 3.67. The molecule has 0 aromatic carbocycles. The Morgan fingerprint density at radius 2 is 1.92 bits per heavy atom. The van der Waals surface area contributed by atoms with Crippen molar-refractivity contribution in [1.29, 1.82) is 0 Å². The third-order valence-corrected chi connectivity index (χ3v) is 2.10. The van der Waals surface area contributed by atoms with Crippen molar-refractivity contribution in [3.63, 3.8) is 0 Å². The van der Waals surface area contributed by atoms with Gasteiger partial charge in [-0.1, -0.05) is 0 Å². The van der Waals surface area contributed by atoms with Crippen molar-refractivity contribution in [2.24, 2.45) is 0 Å². The van der Waals surface area contributed by atoms with Gasteiger partial charge in [-0.05, 0) is 14.0 Å². The first-order valence-corrected chi connectivity index (χ1v) is 4.15.